The van der Waals surface area contributed by atoms with E-state index >= 15 is 0 Å². The van der Waals surface area contributed by atoms with Crippen molar-refractivity contribution in [3.63, 3.8) is 0 Å². The molecule has 1 aliphatic heterocycles. The van der Waals surface area contributed by atoms with Gasteiger partial charge in [0, 0.05) is 19.6 Å². The van der Waals surface area contributed by atoms with Crippen molar-refractivity contribution in [2.24, 2.45) is 0 Å². The number of carbonyl (C=O) groups excluding carboxylic acids is 2. The highest BCUT2D eigenvalue weighted by Crippen LogP contribution is 2.17. The highest BCUT2D eigenvalue weighted by molar-refractivity contribution is 6.03. The van der Waals surface area contributed by atoms with Crippen molar-refractivity contribution in [2.75, 3.05) is 18.5 Å². The molecule has 0 aliphatic carbocycles. The van der Waals surface area contributed by atoms with Crippen LogP contribution in [-0.4, -0.2) is 31.1 Å². The van der Waals surface area contributed by atoms with E-state index in [1.165, 1.54) is 6.07 Å². The van der Waals surface area contributed by atoms with Gasteiger partial charge in [0.2, 0.25) is 5.91 Å². The zero-order valence-electron chi connectivity index (χ0n) is 15.3. The number of anilines is 1. The number of ether oxygens (including phenoxy) is 1. The van der Waals surface area contributed by atoms with Crippen molar-refractivity contribution in [1.29, 1.82) is 0 Å². The highest BCUT2D eigenvalue weighted by atomic mass is 19.2. The lowest BCUT2D eigenvalue weighted by Gasteiger charge is -2.14. The predicted molar refractivity (Wildman–Crippen MR) is 101 cm³/mol. The molecule has 2 N–H and O–H groups in total. The number of halogens is 2. The first-order chi connectivity index (χ1) is 13.5. The molecule has 2 amide bonds. The van der Waals surface area contributed by atoms with Gasteiger partial charge in [-0.1, -0.05) is 18.2 Å². The molecular weight excluding hydrogens is 366 g/mol. The summed E-state index contributed by atoms with van der Waals surface area (Å²) in [6.07, 6.45) is 2.28. The molecule has 7 heteroatoms. The second kappa shape index (κ2) is 9.41. The maximum absolute atomic E-state index is 13.2. The Morgan fingerprint density at radius 1 is 1.11 bits per heavy atom. The first-order valence-corrected chi connectivity index (χ1v) is 9.25. The summed E-state index contributed by atoms with van der Waals surface area (Å²) in [4.78, 5) is 24.7. The van der Waals surface area contributed by atoms with Gasteiger partial charge in [0.05, 0.1) is 17.4 Å². The number of nitrogens with one attached hydrogen (secondary N) is 2. The number of hydrogen-bond acceptors (Lipinski definition) is 3. The minimum atomic E-state index is -0.939. The maximum Gasteiger partial charge on any atom is 0.253 e. The van der Waals surface area contributed by atoms with Gasteiger partial charge in [0.1, 0.15) is 0 Å². The molecule has 0 aromatic heterocycles. The van der Waals surface area contributed by atoms with Crippen LogP contribution in [0.25, 0.3) is 0 Å². The molecule has 2 aromatic rings. The first kappa shape index (κ1) is 19.9. The van der Waals surface area contributed by atoms with Gasteiger partial charge in [0.25, 0.3) is 5.91 Å². The third-order valence-corrected chi connectivity index (χ3v) is 4.58. The fourth-order valence-corrected chi connectivity index (χ4v) is 3.06. The normalized spacial score (nSPS) is 16.0. The summed E-state index contributed by atoms with van der Waals surface area (Å²) < 4.78 is 31.7. The number of amides is 2. The molecule has 5 nitrogen and oxygen atoms in total. The van der Waals surface area contributed by atoms with Crippen molar-refractivity contribution in [2.45, 2.75) is 31.8 Å². The lowest BCUT2D eigenvalue weighted by Crippen LogP contribution is -2.32. The monoisotopic (exact) mass is 388 g/mol. The van der Waals surface area contributed by atoms with E-state index in [9.17, 15) is 18.4 Å². The maximum atomic E-state index is 13.2. The Hall–Kier alpha value is -2.80. The fraction of sp³-hybridized carbons (Fsp3) is 0.333. The van der Waals surface area contributed by atoms with Gasteiger partial charge < -0.3 is 15.4 Å². The third kappa shape index (κ3) is 5.36. The largest absolute Gasteiger partial charge is 0.376 e. The number of carbonyl (C=O) groups is 2. The Kier molecular flexibility index (Phi) is 6.71. The molecule has 3 rings (SSSR count). The molecule has 2 aromatic carbocycles. The van der Waals surface area contributed by atoms with Crippen LogP contribution in [0, 0.1) is 11.6 Å². The molecule has 0 spiro atoms. The topological polar surface area (TPSA) is 67.4 Å². The van der Waals surface area contributed by atoms with E-state index in [0.29, 0.717) is 30.0 Å². The lowest BCUT2D eigenvalue weighted by molar-refractivity contribution is -0.116. The summed E-state index contributed by atoms with van der Waals surface area (Å²) in [6, 6.07) is 10.3. The molecule has 1 fully saturated rings. The van der Waals surface area contributed by atoms with E-state index in [1.807, 2.05) is 0 Å². The Morgan fingerprint density at radius 3 is 2.68 bits per heavy atom. The summed E-state index contributed by atoms with van der Waals surface area (Å²) in [6.45, 7) is 1.14. The van der Waals surface area contributed by atoms with E-state index in [0.717, 1.165) is 25.0 Å². The van der Waals surface area contributed by atoms with Crippen molar-refractivity contribution in [1.82, 2.24) is 5.32 Å². The molecule has 0 radical (unpaired) electrons. The quantitative estimate of drug-likeness (QED) is 0.764. The Balaban J connectivity index is 1.56. The molecule has 1 unspecified atom stereocenters. The van der Waals surface area contributed by atoms with Crippen LogP contribution in [0.3, 0.4) is 0 Å². The van der Waals surface area contributed by atoms with Crippen LogP contribution in [0.5, 0.6) is 0 Å². The Bertz CT molecular complexity index is 851. The highest BCUT2D eigenvalue weighted by Gasteiger charge is 2.18. The van der Waals surface area contributed by atoms with Gasteiger partial charge in [-0.2, -0.15) is 0 Å². The average Bonchev–Trinajstić information content (AvgIpc) is 3.21. The van der Waals surface area contributed by atoms with Gasteiger partial charge in [0.15, 0.2) is 11.6 Å². The zero-order valence-corrected chi connectivity index (χ0v) is 15.3. The predicted octanol–water partition coefficient (Wildman–Crippen LogP) is 3.44. The molecule has 0 saturated carbocycles. The molecule has 1 saturated heterocycles. The zero-order chi connectivity index (χ0) is 19.9. The van der Waals surface area contributed by atoms with Crippen molar-refractivity contribution >= 4 is 17.5 Å². The van der Waals surface area contributed by atoms with Crippen molar-refractivity contribution in [3.8, 4) is 0 Å². The first-order valence-electron chi connectivity index (χ1n) is 9.25. The summed E-state index contributed by atoms with van der Waals surface area (Å²) in [7, 11) is 0. The molecular formula is C21H22F2N2O3. The van der Waals surface area contributed by atoms with Crippen LogP contribution < -0.4 is 10.6 Å². The number of hydrogen-bond donors (Lipinski definition) is 2. The van der Waals surface area contributed by atoms with Crippen LogP contribution in [0.4, 0.5) is 14.5 Å². The minimum Gasteiger partial charge on any atom is -0.376 e. The molecule has 1 aliphatic rings. The smallest absolute Gasteiger partial charge is 0.253 e. The van der Waals surface area contributed by atoms with Gasteiger partial charge in [-0.15, -0.1) is 0 Å². The number of rotatable bonds is 7. The van der Waals surface area contributed by atoms with Crippen LogP contribution >= 0.6 is 0 Å². The number of aryl methyl sites for hydroxylation is 1. The van der Waals surface area contributed by atoms with Crippen LogP contribution in [0.2, 0.25) is 0 Å². The van der Waals surface area contributed by atoms with E-state index in [4.69, 9.17) is 4.74 Å². The molecule has 28 heavy (non-hydrogen) atoms. The number of para-hydroxylation sites is 1. The summed E-state index contributed by atoms with van der Waals surface area (Å²) >= 11 is 0. The van der Waals surface area contributed by atoms with Gasteiger partial charge in [-0.25, -0.2) is 8.78 Å². The van der Waals surface area contributed by atoms with Gasteiger partial charge >= 0.3 is 0 Å². The van der Waals surface area contributed by atoms with Gasteiger partial charge in [-0.05, 0) is 49.1 Å². The van der Waals surface area contributed by atoms with Crippen LogP contribution in [-0.2, 0) is 16.0 Å². The minimum absolute atomic E-state index is 0.0295. The van der Waals surface area contributed by atoms with E-state index < -0.39 is 11.6 Å². The van der Waals surface area contributed by atoms with E-state index in [2.05, 4.69) is 10.6 Å². The standard InChI is InChI=1S/C21H22F2N2O3/c22-17-9-7-14(12-18(17)23)8-10-20(26)25-19-6-2-1-5-16(19)21(27)24-13-15-4-3-11-28-15/h1-2,5-7,9,12,15H,3-4,8,10-11,13H2,(H,24,27)(H,25,26). The molecule has 1 atom stereocenters. The molecule has 1 heterocycles. The van der Waals surface area contributed by atoms with Crippen LogP contribution in [0.15, 0.2) is 42.5 Å². The Labute approximate surface area is 162 Å². The summed E-state index contributed by atoms with van der Waals surface area (Å²) in [5.74, 6) is -2.46. The number of benzene rings is 2. The second-order valence-electron chi connectivity index (χ2n) is 6.69. The second-order valence-corrected chi connectivity index (χ2v) is 6.69. The van der Waals surface area contributed by atoms with Crippen LogP contribution in [0.1, 0.15) is 35.2 Å². The fourth-order valence-electron chi connectivity index (χ4n) is 3.06. The van der Waals surface area contributed by atoms with E-state index in [-0.39, 0.29) is 30.8 Å². The molecule has 148 valence electrons. The van der Waals surface area contributed by atoms with Crippen molar-refractivity contribution in [3.05, 3.63) is 65.2 Å². The SMILES string of the molecule is O=C(CCc1ccc(F)c(F)c1)Nc1ccccc1C(=O)NCC1CCCO1. The van der Waals surface area contributed by atoms with E-state index in [1.54, 1.807) is 24.3 Å². The summed E-state index contributed by atoms with van der Waals surface area (Å²) in [5.41, 5.74) is 1.29. The van der Waals surface area contributed by atoms with Gasteiger partial charge in [-0.3, -0.25) is 9.59 Å². The summed E-state index contributed by atoms with van der Waals surface area (Å²) in [5, 5.41) is 5.55. The third-order valence-electron chi connectivity index (χ3n) is 4.58. The van der Waals surface area contributed by atoms with Crippen molar-refractivity contribution < 1.29 is 23.1 Å². The molecule has 0 bridgehead atoms. The lowest BCUT2D eigenvalue weighted by atomic mass is 10.1. The Morgan fingerprint density at radius 2 is 1.93 bits per heavy atom. The average molecular weight is 388 g/mol.